The van der Waals surface area contributed by atoms with Crippen LogP contribution in [0.5, 0.6) is 0 Å². The van der Waals surface area contributed by atoms with Crippen LogP contribution in [0.2, 0.25) is 0 Å². The molecule has 2 rings (SSSR count). The SMILES string of the molecule is Cl.O=C(CSc1cccc(C(F)(F)F)c1)NCCC1CCNC1. The molecular weight excluding hydrogens is 349 g/mol. The lowest BCUT2D eigenvalue weighted by atomic mass is 10.1. The average molecular weight is 369 g/mol. The van der Waals surface area contributed by atoms with E-state index in [4.69, 9.17) is 0 Å². The summed E-state index contributed by atoms with van der Waals surface area (Å²) in [6, 6.07) is 5.04. The van der Waals surface area contributed by atoms with Gasteiger partial charge in [-0.3, -0.25) is 4.79 Å². The van der Waals surface area contributed by atoms with E-state index in [0.717, 1.165) is 49.8 Å². The van der Waals surface area contributed by atoms with Crippen LogP contribution in [0.3, 0.4) is 0 Å². The third-order valence-corrected chi connectivity index (χ3v) is 4.56. The lowest BCUT2D eigenvalue weighted by Crippen LogP contribution is -2.27. The number of alkyl halides is 3. The summed E-state index contributed by atoms with van der Waals surface area (Å²) in [5.74, 6) is 0.592. The van der Waals surface area contributed by atoms with Crippen molar-refractivity contribution in [3.63, 3.8) is 0 Å². The maximum Gasteiger partial charge on any atom is 0.416 e. The van der Waals surface area contributed by atoms with Gasteiger partial charge in [0, 0.05) is 11.4 Å². The van der Waals surface area contributed by atoms with Crippen molar-refractivity contribution in [2.45, 2.75) is 23.9 Å². The molecule has 2 N–H and O–H groups in total. The fraction of sp³-hybridized carbons (Fsp3) is 0.533. The van der Waals surface area contributed by atoms with E-state index in [1.165, 1.54) is 6.07 Å². The predicted molar refractivity (Wildman–Crippen MR) is 88.0 cm³/mol. The van der Waals surface area contributed by atoms with Crippen LogP contribution in [0.1, 0.15) is 18.4 Å². The van der Waals surface area contributed by atoms with Gasteiger partial charge in [-0.25, -0.2) is 0 Å². The van der Waals surface area contributed by atoms with Gasteiger partial charge in [-0.15, -0.1) is 24.2 Å². The van der Waals surface area contributed by atoms with Crippen LogP contribution in [0.25, 0.3) is 0 Å². The highest BCUT2D eigenvalue weighted by Crippen LogP contribution is 2.31. The molecule has 1 fully saturated rings. The predicted octanol–water partition coefficient (Wildman–Crippen LogP) is 3.34. The van der Waals surface area contributed by atoms with E-state index in [1.807, 2.05) is 0 Å². The molecule has 0 aromatic heterocycles. The van der Waals surface area contributed by atoms with E-state index in [2.05, 4.69) is 10.6 Å². The van der Waals surface area contributed by atoms with Gasteiger partial charge in [0.15, 0.2) is 0 Å². The molecule has 8 heteroatoms. The van der Waals surface area contributed by atoms with Gasteiger partial charge in [-0.1, -0.05) is 6.07 Å². The van der Waals surface area contributed by atoms with Gasteiger partial charge in [0.25, 0.3) is 0 Å². The summed E-state index contributed by atoms with van der Waals surface area (Å²) in [6.07, 6.45) is -2.28. The summed E-state index contributed by atoms with van der Waals surface area (Å²) in [5, 5.41) is 6.08. The van der Waals surface area contributed by atoms with Crippen molar-refractivity contribution in [2.75, 3.05) is 25.4 Å². The molecule has 0 radical (unpaired) electrons. The van der Waals surface area contributed by atoms with Crippen molar-refractivity contribution in [1.29, 1.82) is 0 Å². The molecule has 0 bridgehead atoms. The summed E-state index contributed by atoms with van der Waals surface area (Å²) in [5.41, 5.74) is -0.688. The molecule has 1 aromatic rings. The molecule has 1 aromatic carbocycles. The van der Waals surface area contributed by atoms with Crippen LogP contribution < -0.4 is 10.6 Å². The number of nitrogens with one attached hydrogen (secondary N) is 2. The highest BCUT2D eigenvalue weighted by Gasteiger charge is 2.30. The van der Waals surface area contributed by atoms with E-state index in [1.54, 1.807) is 6.07 Å². The Hall–Kier alpha value is -0.920. The summed E-state index contributed by atoms with van der Waals surface area (Å²) in [4.78, 5) is 12.2. The Morgan fingerprint density at radius 2 is 2.17 bits per heavy atom. The normalized spacial score (nSPS) is 17.6. The monoisotopic (exact) mass is 368 g/mol. The number of hydrogen-bond acceptors (Lipinski definition) is 3. The van der Waals surface area contributed by atoms with Gasteiger partial charge in [-0.05, 0) is 50.0 Å². The lowest BCUT2D eigenvalue weighted by molar-refractivity contribution is -0.137. The minimum atomic E-state index is -4.35. The van der Waals surface area contributed by atoms with Crippen molar-refractivity contribution < 1.29 is 18.0 Å². The fourth-order valence-corrected chi connectivity index (χ4v) is 3.12. The Bertz CT molecular complexity index is 508. The van der Waals surface area contributed by atoms with Gasteiger partial charge in [-0.2, -0.15) is 13.2 Å². The number of benzene rings is 1. The van der Waals surface area contributed by atoms with Gasteiger partial charge >= 0.3 is 6.18 Å². The average Bonchev–Trinajstić information content (AvgIpc) is 2.98. The molecular formula is C15H20ClF3N2OS. The highest BCUT2D eigenvalue weighted by molar-refractivity contribution is 8.00. The van der Waals surface area contributed by atoms with Crippen LogP contribution in [0, 0.1) is 5.92 Å². The molecule has 0 saturated carbocycles. The Labute approximate surface area is 144 Å². The minimum Gasteiger partial charge on any atom is -0.355 e. The summed E-state index contributed by atoms with van der Waals surface area (Å²) < 4.78 is 37.8. The molecule has 1 saturated heterocycles. The molecule has 3 nitrogen and oxygen atoms in total. The third-order valence-electron chi connectivity index (χ3n) is 3.57. The fourth-order valence-electron chi connectivity index (χ4n) is 2.34. The smallest absolute Gasteiger partial charge is 0.355 e. The van der Waals surface area contributed by atoms with Crippen LogP contribution >= 0.6 is 24.2 Å². The zero-order valence-electron chi connectivity index (χ0n) is 12.5. The number of rotatable bonds is 6. The molecule has 1 atom stereocenters. The number of hydrogen-bond donors (Lipinski definition) is 2. The molecule has 1 unspecified atom stereocenters. The van der Waals surface area contributed by atoms with Crippen LogP contribution in [0.15, 0.2) is 29.2 Å². The maximum atomic E-state index is 12.6. The van der Waals surface area contributed by atoms with Gasteiger partial charge < -0.3 is 10.6 Å². The summed E-state index contributed by atoms with van der Waals surface area (Å²) in [7, 11) is 0. The Balaban J connectivity index is 0.00000264. The zero-order chi connectivity index (χ0) is 16.0. The standard InChI is InChI=1S/C15H19F3N2OS.ClH/c16-15(17,18)12-2-1-3-13(8-12)22-10-14(21)20-7-5-11-4-6-19-9-11;/h1-3,8,11,19H,4-7,9-10H2,(H,20,21);1H. The largest absolute Gasteiger partial charge is 0.416 e. The first-order chi connectivity index (χ1) is 10.4. The second-order valence-electron chi connectivity index (χ2n) is 5.31. The quantitative estimate of drug-likeness (QED) is 0.757. The van der Waals surface area contributed by atoms with E-state index >= 15 is 0 Å². The Morgan fingerprint density at radius 3 is 2.83 bits per heavy atom. The van der Waals surface area contributed by atoms with Crippen LogP contribution in [-0.2, 0) is 11.0 Å². The molecule has 23 heavy (non-hydrogen) atoms. The van der Waals surface area contributed by atoms with Crippen molar-refractivity contribution >= 4 is 30.1 Å². The molecule has 1 heterocycles. The molecule has 0 aliphatic carbocycles. The lowest BCUT2D eigenvalue weighted by Gasteiger charge is -2.10. The van der Waals surface area contributed by atoms with Crippen molar-refractivity contribution in [2.24, 2.45) is 5.92 Å². The zero-order valence-corrected chi connectivity index (χ0v) is 14.1. The Morgan fingerprint density at radius 1 is 1.39 bits per heavy atom. The number of amides is 1. The van der Waals surface area contributed by atoms with Gasteiger partial charge in [0.05, 0.1) is 11.3 Å². The van der Waals surface area contributed by atoms with E-state index in [0.29, 0.717) is 17.4 Å². The number of carbonyl (C=O) groups is 1. The maximum absolute atomic E-state index is 12.6. The second kappa shape index (κ2) is 9.39. The first-order valence-corrected chi connectivity index (χ1v) is 8.21. The molecule has 130 valence electrons. The van der Waals surface area contributed by atoms with Crippen molar-refractivity contribution in [3.8, 4) is 0 Å². The van der Waals surface area contributed by atoms with E-state index < -0.39 is 11.7 Å². The summed E-state index contributed by atoms with van der Waals surface area (Å²) >= 11 is 1.12. The number of halogens is 4. The van der Waals surface area contributed by atoms with E-state index in [9.17, 15) is 18.0 Å². The van der Waals surface area contributed by atoms with Crippen molar-refractivity contribution in [1.82, 2.24) is 10.6 Å². The second-order valence-corrected chi connectivity index (χ2v) is 6.36. The first-order valence-electron chi connectivity index (χ1n) is 7.22. The van der Waals surface area contributed by atoms with Crippen LogP contribution in [-0.4, -0.2) is 31.3 Å². The van der Waals surface area contributed by atoms with Crippen LogP contribution in [0.4, 0.5) is 13.2 Å². The highest BCUT2D eigenvalue weighted by atomic mass is 35.5. The third kappa shape index (κ3) is 7.01. The molecule has 0 spiro atoms. The van der Waals surface area contributed by atoms with E-state index in [-0.39, 0.29) is 24.1 Å². The summed E-state index contributed by atoms with van der Waals surface area (Å²) in [6.45, 7) is 2.65. The Kier molecular flexibility index (Phi) is 8.22. The first kappa shape index (κ1) is 20.1. The van der Waals surface area contributed by atoms with Crippen molar-refractivity contribution in [3.05, 3.63) is 29.8 Å². The number of carbonyl (C=O) groups excluding carboxylic acids is 1. The molecule has 1 aliphatic rings. The molecule has 1 aliphatic heterocycles. The molecule has 1 amide bonds. The number of thioether (sulfide) groups is 1. The van der Waals surface area contributed by atoms with Gasteiger partial charge in [0.1, 0.15) is 0 Å². The van der Waals surface area contributed by atoms with Gasteiger partial charge in [0.2, 0.25) is 5.91 Å². The topological polar surface area (TPSA) is 41.1 Å². The minimum absolute atomic E-state index is 0.